The molecule has 2 aliphatic carbocycles. The molecule has 0 radical (unpaired) electrons. The second kappa shape index (κ2) is 13.8. The Labute approximate surface area is 243 Å². The van der Waals surface area contributed by atoms with E-state index in [0.717, 1.165) is 57.2 Å². The van der Waals surface area contributed by atoms with Crippen LogP contribution >= 0.6 is 11.6 Å². The van der Waals surface area contributed by atoms with Crippen molar-refractivity contribution in [1.82, 2.24) is 20.0 Å². The molecule has 1 unspecified atom stereocenters. The Morgan fingerprint density at radius 1 is 1.07 bits per heavy atom. The van der Waals surface area contributed by atoms with E-state index in [2.05, 4.69) is 44.5 Å². The van der Waals surface area contributed by atoms with Crippen molar-refractivity contribution in [2.45, 2.75) is 70.6 Å². The number of hydrogen-bond donors (Lipinski definition) is 4. The lowest BCUT2D eigenvalue weighted by molar-refractivity contribution is 0.124. The Morgan fingerprint density at radius 3 is 2.52 bits per heavy atom. The van der Waals surface area contributed by atoms with Crippen molar-refractivity contribution in [3.63, 3.8) is 0 Å². The lowest BCUT2D eigenvalue weighted by Gasteiger charge is -2.42. The fourth-order valence-electron chi connectivity index (χ4n) is 6.65. The molecule has 0 amide bonds. The summed E-state index contributed by atoms with van der Waals surface area (Å²) in [5, 5.41) is 10.5. The molecule has 8 nitrogen and oxygen atoms in total. The van der Waals surface area contributed by atoms with Crippen LogP contribution in [0.4, 0.5) is 16.2 Å². The Kier molecular flexibility index (Phi) is 10.6. The zero-order valence-corrected chi connectivity index (χ0v) is 25.4. The monoisotopic (exact) mass is 594 g/mol. The van der Waals surface area contributed by atoms with E-state index < -0.39 is 15.8 Å². The third-order valence-electron chi connectivity index (χ3n) is 8.56. The molecule has 2 saturated carbocycles. The summed E-state index contributed by atoms with van der Waals surface area (Å²) in [4.78, 5) is 8.48. The number of rotatable bonds is 12. The summed E-state index contributed by atoms with van der Waals surface area (Å²) in [6.45, 7) is 7.55. The van der Waals surface area contributed by atoms with Gasteiger partial charge < -0.3 is 16.0 Å². The van der Waals surface area contributed by atoms with Crippen molar-refractivity contribution < 1.29 is 12.8 Å². The average molecular weight is 595 g/mol. The van der Waals surface area contributed by atoms with Crippen LogP contribution in [0.3, 0.4) is 0 Å². The predicted molar refractivity (Wildman–Crippen MR) is 160 cm³/mol. The molecule has 2 fully saturated rings. The van der Waals surface area contributed by atoms with Gasteiger partial charge in [0.15, 0.2) is 11.6 Å². The molecule has 0 spiro atoms. The van der Waals surface area contributed by atoms with Crippen LogP contribution in [0.25, 0.3) is 0 Å². The van der Waals surface area contributed by atoms with Crippen molar-refractivity contribution in [2.24, 2.45) is 23.2 Å². The van der Waals surface area contributed by atoms with Crippen LogP contribution in [0.1, 0.15) is 64.4 Å². The van der Waals surface area contributed by atoms with Crippen molar-refractivity contribution in [3.8, 4) is 0 Å². The van der Waals surface area contributed by atoms with Gasteiger partial charge in [-0.1, -0.05) is 43.6 Å². The first-order valence-corrected chi connectivity index (χ1v) is 16.4. The van der Waals surface area contributed by atoms with Crippen LogP contribution in [-0.2, 0) is 16.6 Å². The predicted octanol–water partition coefficient (Wildman–Crippen LogP) is 5.43. The third kappa shape index (κ3) is 8.50. The SMILES string of the molecule is CNS(=O)(=O)C1CCC(CNC[C@@H]2CC(C)C[C@@](C)(CNc3nc(NCc4ccccc4Cl)ncc3F)C2)CC1. The number of nitrogens with one attached hydrogen (secondary N) is 4. The van der Waals surface area contributed by atoms with Crippen molar-refractivity contribution in [2.75, 3.05) is 37.3 Å². The quantitative estimate of drug-likeness (QED) is 0.259. The third-order valence-corrected chi connectivity index (χ3v) is 10.8. The Bertz CT molecular complexity index is 1230. The number of sulfonamides is 1. The number of benzene rings is 1. The van der Waals surface area contributed by atoms with Crippen LogP contribution in [-0.4, -0.2) is 50.3 Å². The number of anilines is 2. The zero-order chi connectivity index (χ0) is 28.8. The van der Waals surface area contributed by atoms with E-state index in [1.165, 1.54) is 19.7 Å². The smallest absolute Gasteiger partial charge is 0.225 e. The van der Waals surface area contributed by atoms with Gasteiger partial charge in [0.25, 0.3) is 0 Å². The van der Waals surface area contributed by atoms with E-state index in [4.69, 9.17) is 11.6 Å². The minimum absolute atomic E-state index is 0.0200. The zero-order valence-electron chi connectivity index (χ0n) is 23.8. The van der Waals surface area contributed by atoms with Gasteiger partial charge in [-0.05, 0) is 99.9 Å². The molecule has 11 heteroatoms. The minimum Gasteiger partial charge on any atom is -0.367 e. The molecule has 3 atom stereocenters. The lowest BCUT2D eigenvalue weighted by atomic mass is 9.67. The molecule has 1 heterocycles. The second-order valence-corrected chi connectivity index (χ2v) is 14.7. The first-order valence-electron chi connectivity index (χ1n) is 14.4. The van der Waals surface area contributed by atoms with Gasteiger partial charge in [0.2, 0.25) is 16.0 Å². The highest BCUT2D eigenvalue weighted by Crippen LogP contribution is 2.42. The first kappa shape index (κ1) is 30.9. The Balaban J connectivity index is 1.25. The summed E-state index contributed by atoms with van der Waals surface area (Å²) in [6.07, 6.45) is 7.85. The van der Waals surface area contributed by atoms with Gasteiger partial charge in [-0.3, -0.25) is 0 Å². The number of halogens is 2. The highest BCUT2D eigenvalue weighted by atomic mass is 35.5. The molecule has 0 bridgehead atoms. The number of aromatic nitrogens is 2. The van der Waals surface area contributed by atoms with E-state index in [1.807, 2.05) is 24.3 Å². The van der Waals surface area contributed by atoms with Gasteiger partial charge in [-0.15, -0.1) is 0 Å². The topological polar surface area (TPSA) is 108 Å². The van der Waals surface area contributed by atoms with Gasteiger partial charge in [0, 0.05) is 18.1 Å². The van der Waals surface area contributed by atoms with Gasteiger partial charge in [-0.2, -0.15) is 4.98 Å². The molecule has 1 aromatic carbocycles. The minimum atomic E-state index is -3.16. The van der Waals surface area contributed by atoms with Crippen LogP contribution in [0.5, 0.6) is 0 Å². The van der Waals surface area contributed by atoms with Gasteiger partial charge in [0.1, 0.15) is 0 Å². The Morgan fingerprint density at radius 2 is 1.80 bits per heavy atom. The highest BCUT2D eigenvalue weighted by Gasteiger charge is 2.36. The maximum atomic E-state index is 14.6. The maximum Gasteiger partial charge on any atom is 0.225 e. The second-order valence-electron chi connectivity index (χ2n) is 12.2. The van der Waals surface area contributed by atoms with Gasteiger partial charge >= 0.3 is 0 Å². The van der Waals surface area contributed by atoms with Crippen LogP contribution in [0.15, 0.2) is 30.5 Å². The molecule has 40 heavy (non-hydrogen) atoms. The fourth-order valence-corrected chi connectivity index (χ4v) is 8.08. The molecule has 0 aliphatic heterocycles. The molecule has 0 saturated heterocycles. The summed E-state index contributed by atoms with van der Waals surface area (Å²) >= 11 is 6.24. The summed E-state index contributed by atoms with van der Waals surface area (Å²) in [5.41, 5.74) is 0.941. The summed E-state index contributed by atoms with van der Waals surface area (Å²) in [7, 11) is -1.66. The normalized spacial score (nSPS) is 27.3. The van der Waals surface area contributed by atoms with Crippen molar-refractivity contribution in [1.29, 1.82) is 0 Å². The van der Waals surface area contributed by atoms with Crippen LogP contribution in [0.2, 0.25) is 5.02 Å². The van der Waals surface area contributed by atoms with E-state index in [-0.39, 0.29) is 16.5 Å². The fraction of sp³-hybridized carbons (Fsp3) is 0.655. The molecule has 4 rings (SSSR count). The molecule has 4 N–H and O–H groups in total. The molecule has 222 valence electrons. The highest BCUT2D eigenvalue weighted by molar-refractivity contribution is 7.90. The molecule has 1 aromatic heterocycles. The van der Waals surface area contributed by atoms with Crippen molar-refractivity contribution in [3.05, 3.63) is 46.9 Å². The van der Waals surface area contributed by atoms with E-state index in [9.17, 15) is 12.8 Å². The molecule has 2 aliphatic rings. The maximum absolute atomic E-state index is 14.6. The first-order chi connectivity index (χ1) is 19.1. The molecule has 2 aromatic rings. The van der Waals surface area contributed by atoms with Gasteiger partial charge in [0.05, 0.1) is 11.4 Å². The van der Waals surface area contributed by atoms with E-state index in [0.29, 0.717) is 41.8 Å². The Hall–Kier alpha value is -2.01. The summed E-state index contributed by atoms with van der Waals surface area (Å²) in [5.74, 6) is 1.75. The van der Waals surface area contributed by atoms with E-state index >= 15 is 0 Å². The van der Waals surface area contributed by atoms with Crippen molar-refractivity contribution >= 4 is 33.4 Å². The molecular weight excluding hydrogens is 551 g/mol. The number of nitrogens with zero attached hydrogens (tertiary/aromatic N) is 2. The lowest BCUT2D eigenvalue weighted by Crippen LogP contribution is -2.40. The van der Waals surface area contributed by atoms with Crippen LogP contribution < -0.4 is 20.7 Å². The van der Waals surface area contributed by atoms with Gasteiger partial charge in [-0.25, -0.2) is 22.5 Å². The summed E-state index contributed by atoms with van der Waals surface area (Å²) in [6, 6.07) is 7.55. The average Bonchev–Trinajstić information content (AvgIpc) is 2.92. The summed E-state index contributed by atoms with van der Waals surface area (Å²) < 4.78 is 41.2. The standard InChI is InChI=1S/C29H44ClFN6O2S/c1-20-12-22(16-33-15-21-8-10-24(11-9-21)40(38,39)32-3)14-29(2,13-20)19-36-27-26(31)18-35-28(37-27)34-17-23-6-4-5-7-25(23)30/h4-7,18,20-22,24,32-33H,8-17,19H2,1-3H3,(H2,34,35,36,37)/t20?,21?,22-,24?,29-/m1/s1. The number of hydrogen-bond acceptors (Lipinski definition) is 7. The molecular formula is C29H44ClFN6O2S. The van der Waals surface area contributed by atoms with Crippen LogP contribution in [0, 0.1) is 29.0 Å². The van der Waals surface area contributed by atoms with E-state index in [1.54, 1.807) is 0 Å². The largest absolute Gasteiger partial charge is 0.367 e.